The van der Waals surface area contributed by atoms with E-state index < -0.39 is 15.9 Å². The first kappa shape index (κ1) is 24.9. The summed E-state index contributed by atoms with van der Waals surface area (Å²) in [5, 5.41) is 0.448. The molecule has 1 N–H and O–H groups in total. The number of carbonyl (C=O) groups is 1. The Bertz CT molecular complexity index is 1570. The number of carbonyl (C=O) groups excluding carboxylic acids is 1. The first-order chi connectivity index (χ1) is 16.7. The molecule has 35 heavy (non-hydrogen) atoms. The molecule has 0 saturated heterocycles. The molecule has 0 bridgehead atoms. The number of amides is 1. The molecule has 1 heterocycles. The highest BCUT2D eigenvalue weighted by atomic mass is 35.5. The van der Waals surface area contributed by atoms with Gasteiger partial charge in [-0.1, -0.05) is 48.9 Å². The van der Waals surface area contributed by atoms with Crippen LogP contribution in [0.25, 0.3) is 10.2 Å². The zero-order valence-corrected chi connectivity index (χ0v) is 21.6. The summed E-state index contributed by atoms with van der Waals surface area (Å²) in [6, 6.07) is 18.3. The van der Waals surface area contributed by atoms with Gasteiger partial charge in [0.05, 0.1) is 15.1 Å². The average Bonchev–Trinajstić information content (AvgIpc) is 3.16. The average molecular weight is 526 g/mol. The Kier molecular flexibility index (Phi) is 7.25. The Morgan fingerprint density at radius 1 is 1.11 bits per heavy atom. The first-order valence-corrected chi connectivity index (χ1v) is 13.6. The molecule has 0 spiro atoms. The van der Waals surface area contributed by atoms with Crippen LogP contribution in [-0.2, 0) is 16.6 Å². The van der Waals surface area contributed by atoms with Gasteiger partial charge in [0.1, 0.15) is 0 Å². The summed E-state index contributed by atoms with van der Waals surface area (Å²) < 4.78 is 30.7. The number of aromatic nitrogens is 1. The summed E-state index contributed by atoms with van der Waals surface area (Å²) in [6.45, 7) is 8.63. The van der Waals surface area contributed by atoms with E-state index in [0.717, 1.165) is 10.2 Å². The fourth-order valence-corrected chi connectivity index (χ4v) is 5.77. The molecule has 0 radical (unpaired) electrons. The normalized spacial score (nSPS) is 12.3. The number of fused-ring (bicyclic) bond motifs is 1. The second-order valence-corrected chi connectivity index (χ2v) is 11.3. The van der Waals surface area contributed by atoms with Gasteiger partial charge in [0.15, 0.2) is 4.80 Å². The summed E-state index contributed by atoms with van der Waals surface area (Å²) in [5.41, 5.74) is 2.91. The van der Waals surface area contributed by atoms with Crippen molar-refractivity contribution in [3.05, 3.63) is 100 Å². The second-order valence-electron chi connectivity index (χ2n) is 8.22. The van der Waals surface area contributed by atoms with Crippen molar-refractivity contribution in [2.45, 2.75) is 31.2 Å². The van der Waals surface area contributed by atoms with Crippen LogP contribution < -0.4 is 9.52 Å². The molecule has 0 atom stereocenters. The molecule has 0 fully saturated rings. The molecule has 6 nitrogen and oxygen atoms in total. The van der Waals surface area contributed by atoms with Crippen LogP contribution in [0.3, 0.4) is 0 Å². The zero-order valence-electron chi connectivity index (χ0n) is 19.2. The lowest BCUT2D eigenvalue weighted by Crippen LogP contribution is -2.16. The molecular formula is C26H24ClN3O3S2. The van der Waals surface area contributed by atoms with Crippen molar-refractivity contribution in [1.82, 2.24) is 4.57 Å². The standard InChI is InChI=1S/C26H24ClN3O3S2/c1-4-15-30-23-14-7-19(17(2)3)16-24(23)34-26(30)28-25(31)18-5-10-21(11-6-18)29-35(32,33)22-12-8-20(27)9-13-22/h4-14,16-17,29H,1,15H2,2-3H3. The van der Waals surface area contributed by atoms with E-state index in [-0.39, 0.29) is 4.90 Å². The van der Waals surface area contributed by atoms with Gasteiger partial charge in [-0.2, -0.15) is 4.99 Å². The molecule has 4 aromatic rings. The minimum absolute atomic E-state index is 0.0919. The SMILES string of the molecule is C=CCn1c(=NC(=O)c2ccc(NS(=O)(=O)c3ccc(Cl)cc3)cc2)sc2cc(C(C)C)ccc21. The minimum Gasteiger partial charge on any atom is -0.312 e. The Morgan fingerprint density at radius 2 is 1.80 bits per heavy atom. The molecule has 0 aliphatic carbocycles. The molecule has 1 amide bonds. The van der Waals surface area contributed by atoms with E-state index in [1.807, 2.05) is 4.57 Å². The lowest BCUT2D eigenvalue weighted by Gasteiger charge is -2.08. The minimum atomic E-state index is -3.78. The highest BCUT2D eigenvalue weighted by molar-refractivity contribution is 7.92. The molecule has 3 aromatic carbocycles. The molecule has 180 valence electrons. The first-order valence-electron chi connectivity index (χ1n) is 10.9. The summed E-state index contributed by atoms with van der Waals surface area (Å²) in [7, 11) is -3.78. The van der Waals surface area contributed by atoms with Crippen molar-refractivity contribution >= 4 is 54.8 Å². The van der Waals surface area contributed by atoms with E-state index in [1.54, 1.807) is 18.2 Å². The largest absolute Gasteiger partial charge is 0.312 e. The summed E-state index contributed by atoms with van der Waals surface area (Å²) in [6.07, 6.45) is 1.77. The lowest BCUT2D eigenvalue weighted by molar-refractivity contribution is 0.0998. The van der Waals surface area contributed by atoms with E-state index in [9.17, 15) is 13.2 Å². The number of hydrogen-bond donors (Lipinski definition) is 1. The summed E-state index contributed by atoms with van der Waals surface area (Å²) >= 11 is 7.29. The van der Waals surface area contributed by atoms with Gasteiger partial charge in [-0.05, 0) is 72.1 Å². The number of rotatable bonds is 7. The number of anilines is 1. The maximum atomic E-state index is 12.9. The maximum Gasteiger partial charge on any atom is 0.279 e. The van der Waals surface area contributed by atoms with Crippen LogP contribution in [-0.4, -0.2) is 18.9 Å². The lowest BCUT2D eigenvalue weighted by atomic mass is 10.0. The predicted molar refractivity (Wildman–Crippen MR) is 143 cm³/mol. The predicted octanol–water partition coefficient (Wildman–Crippen LogP) is 6.21. The fourth-order valence-electron chi connectivity index (χ4n) is 3.50. The third kappa shape index (κ3) is 5.56. The third-order valence-electron chi connectivity index (χ3n) is 5.39. The molecule has 0 unspecified atom stereocenters. The Hall–Kier alpha value is -3.20. The van der Waals surface area contributed by atoms with Gasteiger partial charge in [-0.15, -0.1) is 6.58 Å². The van der Waals surface area contributed by atoms with Crippen LogP contribution in [0.4, 0.5) is 5.69 Å². The van der Waals surface area contributed by atoms with Crippen molar-refractivity contribution in [3.63, 3.8) is 0 Å². The van der Waals surface area contributed by atoms with Gasteiger partial charge in [-0.3, -0.25) is 9.52 Å². The van der Waals surface area contributed by atoms with Crippen molar-refractivity contribution in [3.8, 4) is 0 Å². The number of sulfonamides is 1. The highest BCUT2D eigenvalue weighted by Crippen LogP contribution is 2.24. The van der Waals surface area contributed by atoms with E-state index in [1.165, 1.54) is 53.3 Å². The van der Waals surface area contributed by atoms with Gasteiger partial charge in [0.25, 0.3) is 15.9 Å². The molecule has 4 rings (SSSR count). The molecular weight excluding hydrogens is 502 g/mol. The number of thiazole rings is 1. The number of nitrogens with one attached hydrogen (secondary N) is 1. The summed E-state index contributed by atoms with van der Waals surface area (Å²) in [5.74, 6) is -0.0161. The number of hydrogen-bond acceptors (Lipinski definition) is 4. The van der Waals surface area contributed by atoms with Crippen molar-refractivity contribution < 1.29 is 13.2 Å². The van der Waals surface area contributed by atoms with Crippen LogP contribution in [0.2, 0.25) is 5.02 Å². The van der Waals surface area contributed by atoms with Gasteiger partial charge >= 0.3 is 0 Å². The Labute approximate surface area is 213 Å². The molecule has 0 aliphatic heterocycles. The van der Waals surface area contributed by atoms with Gasteiger partial charge < -0.3 is 4.57 Å². The van der Waals surface area contributed by atoms with Gasteiger partial charge in [0.2, 0.25) is 0 Å². The smallest absolute Gasteiger partial charge is 0.279 e. The van der Waals surface area contributed by atoms with Gasteiger partial charge in [-0.25, -0.2) is 8.42 Å². The molecule has 0 saturated carbocycles. The van der Waals surface area contributed by atoms with Crippen LogP contribution >= 0.6 is 22.9 Å². The molecule has 0 aliphatic rings. The number of halogens is 1. The van der Waals surface area contributed by atoms with E-state index >= 15 is 0 Å². The maximum absolute atomic E-state index is 12.9. The quantitative estimate of drug-likeness (QED) is 0.291. The molecule has 1 aromatic heterocycles. The van der Waals surface area contributed by atoms with E-state index in [2.05, 4.69) is 48.3 Å². The second kappa shape index (κ2) is 10.2. The monoisotopic (exact) mass is 525 g/mol. The van der Waals surface area contributed by atoms with Crippen molar-refractivity contribution in [2.24, 2.45) is 4.99 Å². The Morgan fingerprint density at radius 3 is 2.43 bits per heavy atom. The topological polar surface area (TPSA) is 80.5 Å². The number of allylic oxidation sites excluding steroid dienone is 1. The Balaban J connectivity index is 1.61. The summed E-state index contributed by atoms with van der Waals surface area (Å²) in [4.78, 5) is 18.0. The third-order valence-corrected chi connectivity index (χ3v) is 8.08. The zero-order chi connectivity index (χ0) is 25.2. The van der Waals surface area contributed by atoms with Crippen LogP contribution in [0.15, 0.2) is 89.3 Å². The van der Waals surface area contributed by atoms with Gasteiger partial charge in [0, 0.05) is 22.8 Å². The number of benzene rings is 3. The van der Waals surface area contributed by atoms with E-state index in [0.29, 0.717) is 33.5 Å². The van der Waals surface area contributed by atoms with Crippen LogP contribution in [0, 0.1) is 0 Å². The van der Waals surface area contributed by atoms with Crippen molar-refractivity contribution in [2.75, 3.05) is 4.72 Å². The molecule has 9 heteroatoms. The van der Waals surface area contributed by atoms with Crippen LogP contribution in [0.1, 0.15) is 35.7 Å². The fraction of sp³-hybridized carbons (Fsp3) is 0.154. The van der Waals surface area contributed by atoms with Crippen LogP contribution in [0.5, 0.6) is 0 Å². The highest BCUT2D eigenvalue weighted by Gasteiger charge is 2.15. The number of nitrogens with zero attached hydrogens (tertiary/aromatic N) is 2. The van der Waals surface area contributed by atoms with E-state index in [4.69, 9.17) is 11.6 Å². The van der Waals surface area contributed by atoms with Crippen molar-refractivity contribution in [1.29, 1.82) is 0 Å².